The summed E-state index contributed by atoms with van der Waals surface area (Å²) < 4.78 is 0. The molecule has 0 aliphatic carbocycles. The topological polar surface area (TPSA) is 20.3 Å². The Morgan fingerprint density at radius 3 is 2.41 bits per heavy atom. The Labute approximate surface area is 108 Å². The largest absolute Gasteiger partial charge is 0.302 e. The van der Waals surface area contributed by atoms with Gasteiger partial charge in [-0.2, -0.15) is 0 Å². The molecule has 1 aromatic rings. The molecule has 1 heterocycles. The molecule has 0 aromatic heterocycles. The van der Waals surface area contributed by atoms with Crippen LogP contribution in [-0.2, 0) is 11.2 Å². The maximum Gasteiger partial charge on any atom is 0.135 e. The molecule has 0 saturated carbocycles. The van der Waals surface area contributed by atoms with Crippen molar-refractivity contribution in [1.82, 2.24) is 4.90 Å². The van der Waals surface area contributed by atoms with Crippen molar-refractivity contribution in [3.63, 3.8) is 0 Å². The van der Waals surface area contributed by atoms with Crippen LogP contribution in [0.3, 0.4) is 0 Å². The molecule has 0 bridgehead atoms. The van der Waals surface area contributed by atoms with Gasteiger partial charge >= 0.3 is 0 Å². The number of ketones is 1. The molecule has 0 spiro atoms. The summed E-state index contributed by atoms with van der Waals surface area (Å²) in [4.78, 5) is 13.5. The van der Waals surface area contributed by atoms with E-state index in [1.165, 1.54) is 5.56 Å². The highest BCUT2D eigenvalue weighted by Crippen LogP contribution is 2.12. The van der Waals surface area contributed by atoms with Crippen molar-refractivity contribution < 1.29 is 4.79 Å². The zero-order valence-corrected chi connectivity index (χ0v) is 10.7. The Kier molecular flexibility index (Phi) is 4.57. The second kappa shape index (κ2) is 6.18. The van der Waals surface area contributed by atoms with E-state index in [0.29, 0.717) is 5.78 Å². The number of carbonyl (C=O) groups is 1. The first-order valence-corrected chi connectivity index (χ1v) is 6.60. The number of nitrogens with zero attached hydrogens (tertiary/aromatic N) is 1. The maximum atomic E-state index is 11.1. The molecular formula is C14H18ClNO. The summed E-state index contributed by atoms with van der Waals surface area (Å²) in [7, 11) is 0. The van der Waals surface area contributed by atoms with E-state index < -0.39 is 0 Å². The van der Waals surface area contributed by atoms with Gasteiger partial charge in [0.1, 0.15) is 5.78 Å². The molecule has 1 saturated heterocycles. The van der Waals surface area contributed by atoms with Crippen LogP contribution in [0.15, 0.2) is 24.3 Å². The second-order valence-electron chi connectivity index (χ2n) is 4.61. The molecule has 17 heavy (non-hydrogen) atoms. The number of piperidine rings is 1. The van der Waals surface area contributed by atoms with E-state index >= 15 is 0 Å². The van der Waals surface area contributed by atoms with E-state index in [-0.39, 0.29) is 0 Å². The number of hydrogen-bond donors (Lipinski definition) is 0. The van der Waals surface area contributed by atoms with Crippen molar-refractivity contribution in [3.05, 3.63) is 34.9 Å². The summed E-state index contributed by atoms with van der Waals surface area (Å²) in [6.45, 7) is 2.98. The number of hydrogen-bond acceptors (Lipinski definition) is 2. The maximum absolute atomic E-state index is 11.1. The highest BCUT2D eigenvalue weighted by atomic mass is 35.5. The molecule has 2 nitrogen and oxygen atoms in total. The molecule has 1 aliphatic rings. The fourth-order valence-corrected chi connectivity index (χ4v) is 2.31. The predicted molar refractivity (Wildman–Crippen MR) is 70.5 cm³/mol. The molecule has 0 unspecified atom stereocenters. The van der Waals surface area contributed by atoms with Crippen molar-refractivity contribution in [2.75, 3.05) is 19.6 Å². The lowest BCUT2D eigenvalue weighted by Gasteiger charge is -2.25. The van der Waals surface area contributed by atoms with Crippen LogP contribution in [0, 0.1) is 0 Å². The monoisotopic (exact) mass is 251 g/mol. The number of aryl methyl sites for hydroxylation is 1. The number of benzene rings is 1. The Hall–Kier alpha value is -0.860. The van der Waals surface area contributed by atoms with E-state index in [0.717, 1.165) is 50.3 Å². The summed E-state index contributed by atoms with van der Waals surface area (Å²) in [5, 5.41) is 0.795. The zero-order valence-electron chi connectivity index (χ0n) is 9.99. The minimum Gasteiger partial charge on any atom is -0.302 e. The highest BCUT2D eigenvalue weighted by molar-refractivity contribution is 6.30. The van der Waals surface area contributed by atoms with Crippen LogP contribution in [0.1, 0.15) is 24.8 Å². The summed E-state index contributed by atoms with van der Waals surface area (Å²) >= 11 is 5.84. The summed E-state index contributed by atoms with van der Waals surface area (Å²) in [6, 6.07) is 8.05. The lowest BCUT2D eigenvalue weighted by atomic mass is 10.1. The van der Waals surface area contributed by atoms with Crippen molar-refractivity contribution in [2.24, 2.45) is 0 Å². The third kappa shape index (κ3) is 4.14. The number of rotatable bonds is 4. The van der Waals surface area contributed by atoms with Crippen LogP contribution in [-0.4, -0.2) is 30.3 Å². The number of Topliss-reactive ketones (excluding diaryl/α,β-unsaturated/α-hetero) is 1. The van der Waals surface area contributed by atoms with E-state index in [1.54, 1.807) is 0 Å². The SMILES string of the molecule is O=C1CCN(CCCc2ccc(Cl)cc2)CC1. The average Bonchev–Trinajstić information content (AvgIpc) is 2.34. The van der Waals surface area contributed by atoms with Gasteiger partial charge in [0.2, 0.25) is 0 Å². The Bertz CT molecular complexity index is 364. The van der Waals surface area contributed by atoms with Crippen molar-refractivity contribution in [1.29, 1.82) is 0 Å². The minimum absolute atomic E-state index is 0.416. The first kappa shape index (κ1) is 12.6. The fraction of sp³-hybridized carbons (Fsp3) is 0.500. The van der Waals surface area contributed by atoms with E-state index in [4.69, 9.17) is 11.6 Å². The molecule has 3 heteroatoms. The zero-order chi connectivity index (χ0) is 12.1. The van der Waals surface area contributed by atoms with Crippen LogP contribution in [0.25, 0.3) is 0 Å². The van der Waals surface area contributed by atoms with Gasteiger partial charge in [-0.15, -0.1) is 0 Å². The summed E-state index contributed by atoms with van der Waals surface area (Å²) in [6.07, 6.45) is 3.71. The Balaban J connectivity index is 1.69. The molecule has 2 rings (SSSR count). The van der Waals surface area contributed by atoms with Gasteiger partial charge in [0.25, 0.3) is 0 Å². The second-order valence-corrected chi connectivity index (χ2v) is 5.05. The molecular weight excluding hydrogens is 234 g/mol. The van der Waals surface area contributed by atoms with E-state index in [1.807, 2.05) is 12.1 Å². The van der Waals surface area contributed by atoms with Crippen molar-refractivity contribution in [3.8, 4) is 0 Å². The number of halogens is 1. The molecule has 1 aliphatic heterocycles. The predicted octanol–water partition coefficient (Wildman–Crippen LogP) is 2.94. The Morgan fingerprint density at radius 1 is 1.12 bits per heavy atom. The third-order valence-corrected chi connectivity index (χ3v) is 3.52. The van der Waals surface area contributed by atoms with Crippen molar-refractivity contribution >= 4 is 17.4 Å². The van der Waals surface area contributed by atoms with Gasteiger partial charge in [0, 0.05) is 31.0 Å². The standard InChI is InChI=1S/C14H18ClNO/c15-13-5-3-12(4-6-13)2-1-9-16-10-7-14(17)8-11-16/h3-6H,1-2,7-11H2. The fourth-order valence-electron chi connectivity index (χ4n) is 2.18. The smallest absolute Gasteiger partial charge is 0.135 e. The molecule has 0 amide bonds. The molecule has 0 atom stereocenters. The lowest BCUT2D eigenvalue weighted by molar-refractivity contribution is -0.121. The Morgan fingerprint density at radius 2 is 1.76 bits per heavy atom. The summed E-state index contributed by atoms with van der Waals surface area (Å²) in [5.41, 5.74) is 1.34. The van der Waals surface area contributed by atoms with E-state index in [2.05, 4.69) is 17.0 Å². The lowest BCUT2D eigenvalue weighted by Crippen LogP contribution is -2.34. The van der Waals surface area contributed by atoms with Gasteiger partial charge in [0.15, 0.2) is 0 Å². The first-order valence-electron chi connectivity index (χ1n) is 6.22. The average molecular weight is 252 g/mol. The van der Waals surface area contributed by atoms with Gasteiger partial charge < -0.3 is 4.90 Å². The summed E-state index contributed by atoms with van der Waals surface area (Å²) in [5.74, 6) is 0.416. The molecule has 92 valence electrons. The molecule has 1 fully saturated rings. The highest BCUT2D eigenvalue weighted by Gasteiger charge is 2.14. The van der Waals surface area contributed by atoms with Crippen LogP contribution < -0.4 is 0 Å². The number of likely N-dealkylation sites (tertiary alicyclic amines) is 1. The van der Waals surface area contributed by atoms with Crippen molar-refractivity contribution in [2.45, 2.75) is 25.7 Å². The van der Waals surface area contributed by atoms with E-state index in [9.17, 15) is 4.79 Å². The first-order chi connectivity index (χ1) is 8.24. The van der Waals surface area contributed by atoms with Gasteiger partial charge in [-0.3, -0.25) is 4.79 Å². The third-order valence-electron chi connectivity index (χ3n) is 3.27. The van der Waals surface area contributed by atoms with Crippen LogP contribution in [0.5, 0.6) is 0 Å². The normalized spacial score (nSPS) is 17.4. The molecule has 1 aromatic carbocycles. The van der Waals surface area contributed by atoms with Crippen LogP contribution in [0.4, 0.5) is 0 Å². The van der Waals surface area contributed by atoms with Gasteiger partial charge in [-0.1, -0.05) is 23.7 Å². The van der Waals surface area contributed by atoms with Crippen LogP contribution in [0.2, 0.25) is 5.02 Å². The quantitative estimate of drug-likeness (QED) is 0.820. The van der Waals surface area contributed by atoms with Gasteiger partial charge in [0.05, 0.1) is 0 Å². The molecule has 0 radical (unpaired) electrons. The van der Waals surface area contributed by atoms with Gasteiger partial charge in [-0.25, -0.2) is 0 Å². The molecule has 0 N–H and O–H groups in total. The van der Waals surface area contributed by atoms with Gasteiger partial charge in [-0.05, 0) is 37.1 Å². The van der Waals surface area contributed by atoms with Crippen LogP contribution >= 0.6 is 11.6 Å². The number of carbonyl (C=O) groups excluding carboxylic acids is 1. The minimum atomic E-state index is 0.416.